The average molecular weight is 287 g/mol. The van der Waals surface area contributed by atoms with E-state index in [1.165, 1.54) is 16.7 Å². The van der Waals surface area contributed by atoms with E-state index in [9.17, 15) is 0 Å². The minimum Gasteiger partial charge on any atom is -0.494 e. The van der Waals surface area contributed by atoms with Crippen molar-refractivity contribution in [1.82, 2.24) is 0 Å². The Morgan fingerprint density at radius 2 is 1.70 bits per heavy atom. The summed E-state index contributed by atoms with van der Waals surface area (Å²) in [6.07, 6.45) is 0. The lowest BCUT2D eigenvalue weighted by Gasteiger charge is -2.09. The fourth-order valence-electron chi connectivity index (χ4n) is 2.25. The maximum Gasteiger partial charge on any atom is 0.122 e. The number of anilines is 1. The Labute approximate surface area is 125 Å². The van der Waals surface area contributed by atoms with Crippen LogP contribution in [0.15, 0.2) is 41.3 Å². The van der Waals surface area contributed by atoms with Crippen LogP contribution >= 0.6 is 11.8 Å². The van der Waals surface area contributed by atoms with Gasteiger partial charge in [0.1, 0.15) is 5.75 Å². The summed E-state index contributed by atoms with van der Waals surface area (Å²) >= 11 is 1.79. The zero-order valence-corrected chi connectivity index (χ0v) is 13.1. The number of nitrogen functional groups attached to an aromatic ring is 1. The van der Waals surface area contributed by atoms with Crippen LogP contribution < -0.4 is 10.5 Å². The monoisotopic (exact) mass is 287 g/mol. The number of hydrogen-bond acceptors (Lipinski definition) is 3. The van der Waals surface area contributed by atoms with E-state index in [1.807, 2.05) is 25.1 Å². The molecule has 0 aliphatic heterocycles. The second kappa shape index (κ2) is 6.71. The van der Waals surface area contributed by atoms with Crippen molar-refractivity contribution in [1.29, 1.82) is 0 Å². The van der Waals surface area contributed by atoms with E-state index >= 15 is 0 Å². The minimum absolute atomic E-state index is 0.657. The van der Waals surface area contributed by atoms with E-state index in [0.717, 1.165) is 22.1 Å². The van der Waals surface area contributed by atoms with Crippen molar-refractivity contribution in [2.45, 2.75) is 31.4 Å². The molecule has 106 valence electrons. The van der Waals surface area contributed by atoms with Gasteiger partial charge in [0.25, 0.3) is 0 Å². The molecule has 0 atom stereocenters. The molecule has 2 aromatic carbocycles. The smallest absolute Gasteiger partial charge is 0.122 e. The second-order valence-corrected chi connectivity index (χ2v) is 6.00. The van der Waals surface area contributed by atoms with Crippen molar-refractivity contribution in [3.8, 4) is 5.75 Å². The molecule has 0 heterocycles. The molecule has 20 heavy (non-hydrogen) atoms. The number of hydrogen-bond donors (Lipinski definition) is 1. The van der Waals surface area contributed by atoms with Crippen LogP contribution in [-0.2, 0) is 5.75 Å². The summed E-state index contributed by atoms with van der Waals surface area (Å²) in [4.78, 5) is 1.15. The van der Waals surface area contributed by atoms with Crippen molar-refractivity contribution in [3.05, 3.63) is 53.1 Å². The molecule has 0 aliphatic carbocycles. The highest BCUT2D eigenvalue weighted by Gasteiger charge is 2.02. The second-order valence-electron chi connectivity index (χ2n) is 4.96. The Morgan fingerprint density at radius 1 is 1.00 bits per heavy atom. The molecule has 0 bridgehead atoms. The van der Waals surface area contributed by atoms with Gasteiger partial charge < -0.3 is 10.5 Å². The molecular formula is C17H21NOS. The first kappa shape index (κ1) is 14.8. The predicted octanol–water partition coefficient (Wildman–Crippen LogP) is 4.58. The zero-order valence-electron chi connectivity index (χ0n) is 12.3. The topological polar surface area (TPSA) is 35.2 Å². The molecule has 2 aromatic rings. The summed E-state index contributed by atoms with van der Waals surface area (Å²) in [6, 6.07) is 12.6. The van der Waals surface area contributed by atoms with Gasteiger partial charge in [0.05, 0.1) is 6.61 Å². The van der Waals surface area contributed by atoms with Crippen molar-refractivity contribution in [2.75, 3.05) is 12.3 Å². The first-order valence-corrected chi connectivity index (χ1v) is 7.78. The number of benzene rings is 2. The molecule has 0 saturated heterocycles. The molecule has 2 N–H and O–H groups in total. The molecular weight excluding hydrogens is 266 g/mol. The standard InChI is InChI=1S/C17H21NOS/c1-4-19-16-8-15(18)9-17(10-16)20-11-14-6-12(2)5-13(3)7-14/h5-10H,4,11,18H2,1-3H3. The Morgan fingerprint density at radius 3 is 2.35 bits per heavy atom. The van der Waals surface area contributed by atoms with E-state index in [-0.39, 0.29) is 0 Å². The Balaban J connectivity index is 2.10. The lowest BCUT2D eigenvalue weighted by molar-refractivity contribution is 0.339. The van der Waals surface area contributed by atoms with Gasteiger partial charge in [0.2, 0.25) is 0 Å². The molecule has 2 nitrogen and oxygen atoms in total. The minimum atomic E-state index is 0.657. The van der Waals surface area contributed by atoms with Crippen molar-refractivity contribution < 1.29 is 4.74 Å². The van der Waals surface area contributed by atoms with Gasteiger partial charge in [0, 0.05) is 22.4 Å². The molecule has 0 fully saturated rings. The molecule has 3 heteroatoms. The first-order chi connectivity index (χ1) is 9.56. The van der Waals surface area contributed by atoms with Crippen LogP contribution in [-0.4, -0.2) is 6.61 Å². The van der Waals surface area contributed by atoms with Gasteiger partial charge in [-0.05, 0) is 38.5 Å². The summed E-state index contributed by atoms with van der Waals surface area (Å²) in [5.41, 5.74) is 10.6. The van der Waals surface area contributed by atoms with Gasteiger partial charge >= 0.3 is 0 Å². The van der Waals surface area contributed by atoms with Crippen molar-refractivity contribution in [3.63, 3.8) is 0 Å². The normalized spacial score (nSPS) is 10.6. The number of thioether (sulfide) groups is 1. The number of nitrogens with two attached hydrogens (primary N) is 1. The van der Waals surface area contributed by atoms with Crippen LogP contribution in [0.25, 0.3) is 0 Å². The number of aryl methyl sites for hydroxylation is 2. The quantitative estimate of drug-likeness (QED) is 0.646. The SMILES string of the molecule is CCOc1cc(N)cc(SCc2cc(C)cc(C)c2)c1. The van der Waals surface area contributed by atoms with Gasteiger partial charge in [-0.2, -0.15) is 0 Å². The summed E-state index contributed by atoms with van der Waals surface area (Å²) < 4.78 is 5.52. The van der Waals surface area contributed by atoms with Gasteiger partial charge in [0.15, 0.2) is 0 Å². The molecule has 0 aromatic heterocycles. The Bertz CT molecular complexity index is 575. The number of rotatable bonds is 5. The van der Waals surface area contributed by atoms with E-state index in [0.29, 0.717) is 6.61 Å². The maximum absolute atomic E-state index is 5.91. The third kappa shape index (κ3) is 4.20. The van der Waals surface area contributed by atoms with Gasteiger partial charge in [-0.15, -0.1) is 11.8 Å². The van der Waals surface area contributed by atoms with E-state index in [1.54, 1.807) is 11.8 Å². The number of ether oxygens (including phenoxy) is 1. The van der Waals surface area contributed by atoms with Crippen LogP contribution in [0.4, 0.5) is 5.69 Å². The Hall–Kier alpha value is -1.61. The highest BCUT2D eigenvalue weighted by atomic mass is 32.2. The highest BCUT2D eigenvalue weighted by molar-refractivity contribution is 7.98. The van der Waals surface area contributed by atoms with E-state index < -0.39 is 0 Å². The first-order valence-electron chi connectivity index (χ1n) is 6.80. The van der Waals surface area contributed by atoms with Gasteiger partial charge in [-0.25, -0.2) is 0 Å². The molecule has 0 spiro atoms. The summed E-state index contributed by atoms with van der Waals surface area (Å²) in [5, 5.41) is 0. The molecule has 2 rings (SSSR count). The van der Waals surface area contributed by atoms with E-state index in [4.69, 9.17) is 10.5 Å². The highest BCUT2D eigenvalue weighted by Crippen LogP contribution is 2.29. The predicted molar refractivity (Wildman–Crippen MR) is 87.5 cm³/mol. The van der Waals surface area contributed by atoms with Crippen molar-refractivity contribution >= 4 is 17.4 Å². The molecule has 0 unspecified atom stereocenters. The summed E-state index contributed by atoms with van der Waals surface area (Å²) in [6.45, 7) is 6.90. The molecule has 0 aliphatic rings. The van der Waals surface area contributed by atoms with Gasteiger partial charge in [-0.1, -0.05) is 29.3 Å². The fourth-order valence-corrected chi connectivity index (χ4v) is 3.16. The third-order valence-corrected chi connectivity index (χ3v) is 3.95. The van der Waals surface area contributed by atoms with Crippen LogP contribution in [0, 0.1) is 13.8 Å². The zero-order chi connectivity index (χ0) is 14.5. The van der Waals surface area contributed by atoms with Crippen LogP contribution in [0.3, 0.4) is 0 Å². The van der Waals surface area contributed by atoms with Crippen LogP contribution in [0.2, 0.25) is 0 Å². The fraction of sp³-hybridized carbons (Fsp3) is 0.294. The lowest BCUT2D eigenvalue weighted by atomic mass is 10.1. The summed E-state index contributed by atoms with van der Waals surface area (Å²) in [5.74, 6) is 1.78. The largest absolute Gasteiger partial charge is 0.494 e. The average Bonchev–Trinajstić information content (AvgIpc) is 2.35. The van der Waals surface area contributed by atoms with Crippen LogP contribution in [0.1, 0.15) is 23.6 Å². The molecule has 0 saturated carbocycles. The summed E-state index contributed by atoms with van der Waals surface area (Å²) in [7, 11) is 0. The van der Waals surface area contributed by atoms with Crippen molar-refractivity contribution in [2.24, 2.45) is 0 Å². The maximum atomic E-state index is 5.91. The van der Waals surface area contributed by atoms with Crippen LogP contribution in [0.5, 0.6) is 5.75 Å². The Kier molecular flexibility index (Phi) is 4.96. The molecule has 0 amide bonds. The van der Waals surface area contributed by atoms with Gasteiger partial charge in [-0.3, -0.25) is 0 Å². The van der Waals surface area contributed by atoms with E-state index in [2.05, 4.69) is 32.0 Å². The third-order valence-electron chi connectivity index (χ3n) is 2.90. The molecule has 0 radical (unpaired) electrons. The lowest BCUT2D eigenvalue weighted by Crippen LogP contribution is -1.94.